The van der Waals surface area contributed by atoms with Crippen molar-refractivity contribution in [3.63, 3.8) is 0 Å². The third-order valence-electron chi connectivity index (χ3n) is 2.47. The van der Waals surface area contributed by atoms with Crippen molar-refractivity contribution in [1.29, 1.82) is 0 Å². The average molecular weight is 190 g/mol. The largest absolute Gasteiger partial charge is 0.153 e. The lowest BCUT2D eigenvalue weighted by molar-refractivity contribution is 1.38. The Morgan fingerprint density at radius 2 is 1.54 bits per heavy atom. The Hall–Kier alpha value is -0.870. The van der Waals surface area contributed by atoms with Gasteiger partial charge in [-0.2, -0.15) is 9.90 Å². The molecule has 0 saturated carbocycles. The van der Waals surface area contributed by atoms with Crippen LogP contribution < -0.4 is 0 Å². The molecule has 0 aliphatic heterocycles. The van der Waals surface area contributed by atoms with Crippen molar-refractivity contribution in [3.8, 4) is 0 Å². The van der Waals surface area contributed by atoms with Crippen molar-refractivity contribution >= 4 is 20.7 Å². The van der Waals surface area contributed by atoms with Crippen LogP contribution in [-0.4, -0.2) is 0 Å². The summed E-state index contributed by atoms with van der Waals surface area (Å²) < 4.78 is 0. The van der Waals surface area contributed by atoms with E-state index >= 15 is 0 Å². The minimum Gasteiger partial charge on any atom is -0.153 e. The number of rotatable bonds is 0. The SMILES string of the molecule is Cc1ccc2ccccc2c1C.P. The lowest BCUT2D eigenvalue weighted by Crippen LogP contribution is -1.82. The fourth-order valence-corrected chi connectivity index (χ4v) is 1.54. The Bertz CT molecular complexity index is 418. The molecular formula is C12H15P. The summed E-state index contributed by atoms with van der Waals surface area (Å²) in [6, 6.07) is 12.9. The van der Waals surface area contributed by atoms with Gasteiger partial charge in [-0.15, -0.1) is 0 Å². The highest BCUT2D eigenvalue weighted by Crippen LogP contribution is 2.20. The molecule has 0 spiro atoms. The molecule has 13 heavy (non-hydrogen) atoms. The number of aryl methyl sites for hydroxylation is 2. The van der Waals surface area contributed by atoms with E-state index < -0.39 is 0 Å². The monoisotopic (exact) mass is 190 g/mol. The van der Waals surface area contributed by atoms with Gasteiger partial charge in [0.2, 0.25) is 0 Å². The first-order valence-corrected chi connectivity index (χ1v) is 4.24. The Balaban J connectivity index is 0.000000845. The lowest BCUT2D eigenvalue weighted by Gasteiger charge is -2.04. The summed E-state index contributed by atoms with van der Waals surface area (Å²) in [6.45, 7) is 4.33. The summed E-state index contributed by atoms with van der Waals surface area (Å²) >= 11 is 0. The van der Waals surface area contributed by atoms with Crippen LogP contribution in [0.3, 0.4) is 0 Å². The number of fused-ring (bicyclic) bond motifs is 1. The Labute approximate surface area is 82.6 Å². The molecule has 1 unspecified atom stereocenters. The van der Waals surface area contributed by atoms with E-state index in [-0.39, 0.29) is 9.90 Å². The third kappa shape index (κ3) is 1.73. The van der Waals surface area contributed by atoms with Crippen molar-refractivity contribution in [2.45, 2.75) is 13.8 Å². The van der Waals surface area contributed by atoms with Crippen LogP contribution in [0.15, 0.2) is 36.4 Å². The van der Waals surface area contributed by atoms with Gasteiger partial charge in [-0.25, -0.2) is 0 Å². The van der Waals surface area contributed by atoms with Crippen LogP contribution in [-0.2, 0) is 0 Å². The van der Waals surface area contributed by atoms with Gasteiger partial charge in [0, 0.05) is 0 Å². The Morgan fingerprint density at radius 1 is 0.846 bits per heavy atom. The average Bonchev–Trinajstić information content (AvgIpc) is 2.12. The van der Waals surface area contributed by atoms with Crippen molar-refractivity contribution in [3.05, 3.63) is 47.5 Å². The van der Waals surface area contributed by atoms with Crippen molar-refractivity contribution in [2.24, 2.45) is 0 Å². The van der Waals surface area contributed by atoms with E-state index in [9.17, 15) is 0 Å². The minimum absolute atomic E-state index is 0. The summed E-state index contributed by atoms with van der Waals surface area (Å²) in [4.78, 5) is 0. The maximum absolute atomic E-state index is 2.18. The summed E-state index contributed by atoms with van der Waals surface area (Å²) in [7, 11) is 0. The van der Waals surface area contributed by atoms with Gasteiger partial charge in [-0.05, 0) is 35.7 Å². The van der Waals surface area contributed by atoms with Crippen LogP contribution in [0.25, 0.3) is 10.8 Å². The predicted octanol–water partition coefficient (Wildman–Crippen LogP) is 3.51. The van der Waals surface area contributed by atoms with Gasteiger partial charge in [0.15, 0.2) is 0 Å². The van der Waals surface area contributed by atoms with E-state index in [1.165, 1.54) is 21.9 Å². The molecule has 0 aliphatic carbocycles. The topological polar surface area (TPSA) is 0 Å². The van der Waals surface area contributed by atoms with E-state index in [0.717, 1.165) is 0 Å². The van der Waals surface area contributed by atoms with E-state index in [4.69, 9.17) is 0 Å². The van der Waals surface area contributed by atoms with Crippen LogP contribution in [0.5, 0.6) is 0 Å². The van der Waals surface area contributed by atoms with Crippen LogP contribution in [0, 0.1) is 13.8 Å². The molecule has 1 heteroatoms. The van der Waals surface area contributed by atoms with Crippen LogP contribution >= 0.6 is 9.90 Å². The second kappa shape index (κ2) is 3.89. The van der Waals surface area contributed by atoms with Crippen molar-refractivity contribution < 1.29 is 0 Å². The fraction of sp³-hybridized carbons (Fsp3) is 0.167. The quantitative estimate of drug-likeness (QED) is 0.557. The van der Waals surface area contributed by atoms with Crippen molar-refractivity contribution in [2.75, 3.05) is 0 Å². The molecule has 2 aromatic rings. The lowest BCUT2D eigenvalue weighted by atomic mass is 10.0. The fourth-order valence-electron chi connectivity index (χ4n) is 1.54. The van der Waals surface area contributed by atoms with Gasteiger partial charge in [-0.3, -0.25) is 0 Å². The molecule has 0 amide bonds. The molecule has 0 heterocycles. The molecule has 0 radical (unpaired) electrons. The molecule has 68 valence electrons. The zero-order chi connectivity index (χ0) is 8.55. The molecule has 2 aromatic carbocycles. The van der Waals surface area contributed by atoms with Gasteiger partial charge < -0.3 is 0 Å². The summed E-state index contributed by atoms with van der Waals surface area (Å²) in [5, 5.41) is 2.71. The minimum atomic E-state index is 0. The molecule has 0 nitrogen and oxygen atoms in total. The number of hydrogen-bond donors (Lipinski definition) is 0. The molecule has 0 aliphatic rings. The summed E-state index contributed by atoms with van der Waals surface area (Å²) in [5.74, 6) is 0. The Kier molecular flexibility index (Phi) is 3.06. The molecule has 0 bridgehead atoms. The maximum Gasteiger partial charge on any atom is -0.0152 e. The number of benzene rings is 2. The highest BCUT2D eigenvalue weighted by Gasteiger charge is 1.97. The van der Waals surface area contributed by atoms with Gasteiger partial charge >= 0.3 is 0 Å². The van der Waals surface area contributed by atoms with E-state index in [1.807, 2.05) is 0 Å². The van der Waals surface area contributed by atoms with Crippen LogP contribution in [0.1, 0.15) is 11.1 Å². The Morgan fingerprint density at radius 3 is 2.31 bits per heavy atom. The third-order valence-corrected chi connectivity index (χ3v) is 2.47. The smallest absolute Gasteiger partial charge is 0.0152 e. The van der Waals surface area contributed by atoms with Gasteiger partial charge in [-0.1, -0.05) is 36.4 Å². The van der Waals surface area contributed by atoms with E-state index in [1.54, 1.807) is 0 Å². The second-order valence-corrected chi connectivity index (χ2v) is 3.23. The zero-order valence-electron chi connectivity index (χ0n) is 8.17. The second-order valence-electron chi connectivity index (χ2n) is 3.23. The van der Waals surface area contributed by atoms with Gasteiger partial charge in [0.25, 0.3) is 0 Å². The molecule has 1 atom stereocenters. The first-order valence-electron chi connectivity index (χ1n) is 4.24. The predicted molar refractivity (Wildman–Crippen MR) is 64.5 cm³/mol. The van der Waals surface area contributed by atoms with E-state index in [0.29, 0.717) is 0 Å². The first-order chi connectivity index (χ1) is 5.79. The molecular weight excluding hydrogens is 175 g/mol. The van der Waals surface area contributed by atoms with E-state index in [2.05, 4.69) is 50.2 Å². The molecule has 2 rings (SSSR count). The van der Waals surface area contributed by atoms with Crippen molar-refractivity contribution in [1.82, 2.24) is 0 Å². The maximum atomic E-state index is 2.18. The number of hydrogen-bond acceptors (Lipinski definition) is 0. The van der Waals surface area contributed by atoms with Gasteiger partial charge in [0.1, 0.15) is 0 Å². The summed E-state index contributed by atoms with van der Waals surface area (Å²) in [6.07, 6.45) is 0. The molecule has 0 aromatic heterocycles. The molecule has 0 saturated heterocycles. The standard InChI is InChI=1S/C12H12.H3P/c1-9-7-8-11-5-3-4-6-12(11)10(9)2;/h3-8H,1-2H3;1H3. The molecule has 0 N–H and O–H groups in total. The first kappa shape index (κ1) is 10.2. The summed E-state index contributed by atoms with van der Waals surface area (Å²) in [5.41, 5.74) is 2.77. The highest BCUT2D eigenvalue weighted by atomic mass is 31.0. The van der Waals surface area contributed by atoms with Crippen LogP contribution in [0.2, 0.25) is 0 Å². The highest BCUT2D eigenvalue weighted by molar-refractivity contribution is 6.92. The molecule has 0 fully saturated rings. The zero-order valence-corrected chi connectivity index (χ0v) is 9.59. The normalized spacial score (nSPS) is 9.69. The van der Waals surface area contributed by atoms with Crippen LogP contribution in [0.4, 0.5) is 0 Å². The van der Waals surface area contributed by atoms with Gasteiger partial charge in [0.05, 0.1) is 0 Å².